The van der Waals surface area contributed by atoms with E-state index in [4.69, 9.17) is 0 Å². The number of hydrogen-bond acceptors (Lipinski definition) is 2. The normalized spacial score (nSPS) is 26.5. The zero-order valence-electron chi connectivity index (χ0n) is 10.3. The number of allylic oxidation sites excluding steroid dienone is 3. The smallest absolute Gasteiger partial charge is 0.207 e. The van der Waals surface area contributed by atoms with Crippen LogP contribution in [0.25, 0.3) is 0 Å². The van der Waals surface area contributed by atoms with E-state index < -0.39 is 15.6 Å². The Morgan fingerprint density at radius 2 is 1.94 bits per heavy atom. The van der Waals surface area contributed by atoms with Crippen molar-refractivity contribution in [2.24, 2.45) is 0 Å². The minimum absolute atomic E-state index is 0.399. The molecule has 1 fully saturated rings. The predicted molar refractivity (Wildman–Crippen MR) is 67.4 cm³/mol. The summed E-state index contributed by atoms with van der Waals surface area (Å²) in [7, 11) is -3.33. The molecular weight excluding hydrogens is 222 g/mol. The van der Waals surface area contributed by atoms with Gasteiger partial charge in [0, 0.05) is 12.1 Å². The van der Waals surface area contributed by atoms with Gasteiger partial charge in [0.05, 0.1) is 4.91 Å². The molecule has 0 unspecified atom stereocenters. The first-order valence-electron chi connectivity index (χ1n) is 5.26. The molecule has 1 rings (SSSR count). The molecule has 1 aliphatic rings. The predicted octanol–water partition coefficient (Wildman–Crippen LogP) is 2.45. The van der Waals surface area contributed by atoms with Crippen LogP contribution in [0.4, 0.5) is 0 Å². The average Bonchev–Trinajstić information content (AvgIpc) is 2.36. The first-order chi connectivity index (χ1) is 7.25. The van der Waals surface area contributed by atoms with Crippen LogP contribution in [0.3, 0.4) is 0 Å². The summed E-state index contributed by atoms with van der Waals surface area (Å²) >= 11 is 0. The van der Waals surface area contributed by atoms with Crippen LogP contribution in [-0.4, -0.2) is 24.8 Å². The Morgan fingerprint density at radius 3 is 2.31 bits per heavy atom. The van der Waals surface area contributed by atoms with E-state index in [1.54, 1.807) is 25.2 Å². The van der Waals surface area contributed by atoms with Gasteiger partial charge in [-0.05, 0) is 33.3 Å². The molecule has 0 spiro atoms. The van der Waals surface area contributed by atoms with E-state index in [0.717, 1.165) is 5.57 Å². The molecule has 3 nitrogen and oxygen atoms in total. The fraction of sp³-hybridized carbons (Fsp3) is 0.500. The maximum absolute atomic E-state index is 12.2. The number of sulfonamides is 1. The van der Waals surface area contributed by atoms with Crippen molar-refractivity contribution in [2.75, 3.05) is 6.54 Å². The van der Waals surface area contributed by atoms with Crippen LogP contribution in [-0.2, 0) is 10.0 Å². The van der Waals surface area contributed by atoms with Crippen molar-refractivity contribution in [2.45, 2.75) is 33.2 Å². The zero-order chi connectivity index (χ0) is 12.6. The average molecular weight is 241 g/mol. The standard InChI is InChI=1S/C12H19NO2S/c1-6-8-10-9-13(12(3,4)5)16(14,15)11(10)7-2/h6-8H,1,9H2,2-5H3/b10-8-,11-7+. The third-order valence-corrected chi connectivity index (χ3v) is 4.84. The lowest BCUT2D eigenvalue weighted by Crippen LogP contribution is -2.42. The lowest BCUT2D eigenvalue weighted by molar-refractivity contribution is 0.277. The maximum atomic E-state index is 12.2. The van der Waals surface area contributed by atoms with Gasteiger partial charge in [0.1, 0.15) is 0 Å². The Kier molecular flexibility index (Phi) is 3.45. The van der Waals surface area contributed by atoms with Crippen LogP contribution in [0.5, 0.6) is 0 Å². The van der Waals surface area contributed by atoms with Gasteiger partial charge >= 0.3 is 0 Å². The van der Waals surface area contributed by atoms with Gasteiger partial charge in [-0.1, -0.05) is 24.8 Å². The first-order valence-corrected chi connectivity index (χ1v) is 6.70. The number of hydrogen-bond donors (Lipinski definition) is 0. The first kappa shape index (κ1) is 13.2. The van der Waals surface area contributed by atoms with Gasteiger partial charge in [0.2, 0.25) is 10.0 Å². The topological polar surface area (TPSA) is 37.4 Å². The third-order valence-electron chi connectivity index (χ3n) is 2.53. The molecule has 0 amide bonds. The van der Waals surface area contributed by atoms with Crippen molar-refractivity contribution in [1.29, 1.82) is 0 Å². The van der Waals surface area contributed by atoms with Gasteiger partial charge in [0.15, 0.2) is 0 Å². The summed E-state index contributed by atoms with van der Waals surface area (Å²) in [5.74, 6) is 0. The third kappa shape index (κ3) is 2.13. The Hall–Kier alpha value is -0.870. The summed E-state index contributed by atoms with van der Waals surface area (Å²) in [5, 5.41) is 0. The highest BCUT2D eigenvalue weighted by Gasteiger charge is 2.42. The Balaban J connectivity index is 3.34. The zero-order valence-corrected chi connectivity index (χ0v) is 11.1. The Labute approximate surface area is 98.2 Å². The Bertz CT molecular complexity index is 450. The van der Waals surface area contributed by atoms with Gasteiger partial charge in [-0.25, -0.2) is 8.42 Å². The molecule has 0 aromatic carbocycles. The summed E-state index contributed by atoms with van der Waals surface area (Å²) < 4.78 is 26.0. The lowest BCUT2D eigenvalue weighted by atomic mass is 10.1. The molecule has 0 saturated carbocycles. The molecule has 0 radical (unpaired) electrons. The maximum Gasteiger partial charge on any atom is 0.243 e. The van der Waals surface area contributed by atoms with Crippen molar-refractivity contribution >= 4 is 10.0 Å². The monoisotopic (exact) mass is 241 g/mol. The second-order valence-corrected chi connectivity index (χ2v) is 6.59. The van der Waals surface area contributed by atoms with Gasteiger partial charge < -0.3 is 0 Å². The fourth-order valence-corrected chi connectivity index (χ4v) is 3.84. The highest BCUT2D eigenvalue weighted by molar-refractivity contribution is 7.93. The van der Waals surface area contributed by atoms with E-state index in [0.29, 0.717) is 11.4 Å². The lowest BCUT2D eigenvalue weighted by Gasteiger charge is -2.29. The molecule has 0 N–H and O–H groups in total. The minimum atomic E-state index is -3.33. The second kappa shape index (κ2) is 4.18. The van der Waals surface area contributed by atoms with Gasteiger partial charge in [-0.15, -0.1) is 0 Å². The highest BCUT2D eigenvalue weighted by atomic mass is 32.2. The van der Waals surface area contributed by atoms with Crippen LogP contribution in [0.2, 0.25) is 0 Å². The van der Waals surface area contributed by atoms with E-state index in [1.807, 2.05) is 20.8 Å². The van der Waals surface area contributed by atoms with E-state index in [-0.39, 0.29) is 0 Å². The molecule has 1 saturated heterocycles. The highest BCUT2D eigenvalue weighted by Crippen LogP contribution is 2.35. The second-order valence-electron chi connectivity index (χ2n) is 4.76. The SMILES string of the molecule is C=C/C=C1/CN(C(C)(C)C)S(=O)(=O)/C1=C/C. The molecule has 1 heterocycles. The number of nitrogens with zero attached hydrogens (tertiary/aromatic N) is 1. The van der Waals surface area contributed by atoms with Crippen LogP contribution < -0.4 is 0 Å². The van der Waals surface area contributed by atoms with Crippen LogP contribution in [0, 0.1) is 0 Å². The molecule has 1 aliphatic heterocycles. The van der Waals surface area contributed by atoms with Gasteiger partial charge in [-0.2, -0.15) is 4.31 Å². The van der Waals surface area contributed by atoms with Crippen LogP contribution in [0.15, 0.2) is 35.3 Å². The van der Waals surface area contributed by atoms with Gasteiger partial charge in [-0.3, -0.25) is 0 Å². The molecule has 90 valence electrons. The van der Waals surface area contributed by atoms with Crippen molar-refractivity contribution in [3.8, 4) is 0 Å². The molecule has 0 aromatic rings. The fourth-order valence-electron chi connectivity index (χ4n) is 1.81. The van der Waals surface area contributed by atoms with E-state index >= 15 is 0 Å². The summed E-state index contributed by atoms with van der Waals surface area (Å²) in [4.78, 5) is 0.405. The van der Waals surface area contributed by atoms with Crippen LogP contribution >= 0.6 is 0 Å². The van der Waals surface area contributed by atoms with Crippen molar-refractivity contribution in [1.82, 2.24) is 4.31 Å². The van der Waals surface area contributed by atoms with Gasteiger partial charge in [0.25, 0.3) is 0 Å². The van der Waals surface area contributed by atoms with Crippen LogP contribution in [0.1, 0.15) is 27.7 Å². The largest absolute Gasteiger partial charge is 0.243 e. The van der Waals surface area contributed by atoms with E-state index in [1.165, 1.54) is 4.31 Å². The quantitative estimate of drug-likeness (QED) is 0.707. The summed E-state index contributed by atoms with van der Waals surface area (Å²) in [6.45, 7) is 11.5. The summed E-state index contributed by atoms with van der Waals surface area (Å²) in [6, 6.07) is 0. The Morgan fingerprint density at radius 1 is 1.38 bits per heavy atom. The van der Waals surface area contributed by atoms with E-state index in [9.17, 15) is 8.42 Å². The molecule has 0 atom stereocenters. The van der Waals surface area contributed by atoms with E-state index in [2.05, 4.69) is 6.58 Å². The van der Waals surface area contributed by atoms with Crippen molar-refractivity contribution in [3.05, 3.63) is 35.3 Å². The molecule has 0 aromatic heterocycles. The summed E-state index contributed by atoms with van der Waals surface area (Å²) in [6.07, 6.45) is 5.04. The minimum Gasteiger partial charge on any atom is -0.207 e. The molecule has 16 heavy (non-hydrogen) atoms. The molecule has 0 aliphatic carbocycles. The molecular formula is C12H19NO2S. The molecule has 4 heteroatoms. The molecule has 0 bridgehead atoms. The van der Waals surface area contributed by atoms with Crippen molar-refractivity contribution < 1.29 is 8.42 Å². The summed E-state index contributed by atoms with van der Waals surface area (Å²) in [5.41, 5.74) is 0.413. The van der Waals surface area contributed by atoms with Crippen molar-refractivity contribution in [3.63, 3.8) is 0 Å². The number of rotatable bonds is 1.